The number of hydroxylamine groups is 1. The lowest BCUT2D eigenvalue weighted by molar-refractivity contribution is -0.0515. The van der Waals surface area contributed by atoms with Gasteiger partial charge in [0.2, 0.25) is 5.89 Å². The van der Waals surface area contributed by atoms with Crippen LogP contribution in [0.3, 0.4) is 0 Å². The third kappa shape index (κ3) is 8.04. The van der Waals surface area contributed by atoms with Gasteiger partial charge >= 0.3 is 12.7 Å². The van der Waals surface area contributed by atoms with Gasteiger partial charge in [-0.05, 0) is 67.6 Å². The number of carbonyl (C=O) groups excluding carboxylic acids is 2. The van der Waals surface area contributed by atoms with Gasteiger partial charge < -0.3 is 24.4 Å². The zero-order valence-corrected chi connectivity index (χ0v) is 21.6. The maximum absolute atomic E-state index is 13.0. The van der Waals surface area contributed by atoms with Gasteiger partial charge in [-0.2, -0.15) is 8.78 Å². The number of oxazole rings is 1. The molecule has 0 bridgehead atoms. The molecule has 3 N–H and O–H groups in total. The van der Waals surface area contributed by atoms with Crippen LogP contribution in [0.15, 0.2) is 22.6 Å². The van der Waals surface area contributed by atoms with Gasteiger partial charge in [-0.3, -0.25) is 9.63 Å². The zero-order chi connectivity index (χ0) is 27.4. The van der Waals surface area contributed by atoms with Crippen molar-refractivity contribution in [3.63, 3.8) is 0 Å². The predicted octanol–water partition coefficient (Wildman–Crippen LogP) is 5.38. The van der Waals surface area contributed by atoms with E-state index in [2.05, 4.69) is 15.2 Å². The highest BCUT2D eigenvalue weighted by atomic mass is 19.3. The lowest BCUT2D eigenvalue weighted by atomic mass is 9.88. The van der Waals surface area contributed by atoms with Crippen LogP contribution in [0.25, 0.3) is 11.5 Å². The molecule has 0 saturated heterocycles. The Morgan fingerprint density at radius 1 is 1.13 bits per heavy atom. The van der Waals surface area contributed by atoms with Gasteiger partial charge in [-0.1, -0.05) is 20.8 Å². The number of aromatic nitrogens is 1. The van der Waals surface area contributed by atoms with E-state index in [-0.39, 0.29) is 40.7 Å². The number of nitrogens with zero attached hydrogens (tertiary/aromatic N) is 1. The zero-order valence-electron chi connectivity index (χ0n) is 21.6. The Bertz CT molecular complexity index is 1140. The summed E-state index contributed by atoms with van der Waals surface area (Å²) in [6.45, 7) is 3.45. The first-order chi connectivity index (χ1) is 18.0. The molecule has 1 aromatic heterocycles. The van der Waals surface area contributed by atoms with E-state index in [9.17, 15) is 18.4 Å². The van der Waals surface area contributed by atoms with Crippen molar-refractivity contribution in [2.24, 2.45) is 23.0 Å². The quantitative estimate of drug-likeness (QED) is 0.325. The Balaban J connectivity index is 1.68. The summed E-state index contributed by atoms with van der Waals surface area (Å²) in [6.07, 6.45) is 2.28. The van der Waals surface area contributed by atoms with Gasteiger partial charge in [0.25, 0.3) is 5.91 Å². The van der Waals surface area contributed by atoms with Gasteiger partial charge in [0.05, 0.1) is 13.2 Å². The van der Waals surface area contributed by atoms with Crippen molar-refractivity contribution in [2.45, 2.75) is 65.6 Å². The third-order valence-corrected chi connectivity index (χ3v) is 5.98. The molecule has 4 rings (SSSR count). The van der Waals surface area contributed by atoms with Crippen LogP contribution in [0.4, 0.5) is 13.6 Å². The minimum absolute atomic E-state index is 0.0146. The summed E-state index contributed by atoms with van der Waals surface area (Å²) < 4.78 is 47.5. The summed E-state index contributed by atoms with van der Waals surface area (Å²) in [7, 11) is 0. The molecule has 0 unspecified atom stereocenters. The highest BCUT2D eigenvalue weighted by molar-refractivity contribution is 5.93. The Morgan fingerprint density at radius 2 is 1.82 bits per heavy atom. The molecule has 2 saturated carbocycles. The summed E-state index contributed by atoms with van der Waals surface area (Å²) in [5.41, 5.74) is 7.52. The van der Waals surface area contributed by atoms with Crippen LogP contribution in [0.5, 0.6) is 11.5 Å². The van der Waals surface area contributed by atoms with Gasteiger partial charge in [-0.25, -0.2) is 15.3 Å². The lowest BCUT2D eigenvalue weighted by Crippen LogP contribution is -2.28. The van der Waals surface area contributed by atoms with Crippen molar-refractivity contribution >= 4 is 12.0 Å². The molecule has 2 aliphatic rings. The van der Waals surface area contributed by atoms with E-state index in [1.165, 1.54) is 18.2 Å². The number of nitrogens with one attached hydrogen (secondary N) is 1. The average molecular weight is 538 g/mol. The van der Waals surface area contributed by atoms with Crippen LogP contribution in [0.2, 0.25) is 0 Å². The fourth-order valence-electron chi connectivity index (χ4n) is 3.72. The molecule has 1 aromatic carbocycles. The largest absolute Gasteiger partial charge is 0.489 e. The molecule has 1 heterocycles. The third-order valence-electron chi connectivity index (χ3n) is 5.98. The molecule has 1 atom stereocenters. The molecule has 2 aliphatic carbocycles. The number of hydrogen-bond acceptors (Lipinski definition) is 8. The predicted molar refractivity (Wildman–Crippen MR) is 130 cm³/mol. The SMILES string of the molecule is CC(C)(C)C[C@H](OC(N)=O)c1oc(-c2ccc(OC(F)F)c(OCC3CC3)c2)nc1C(=O)NOCC1CC1. The number of ether oxygens (including phenoxy) is 3. The van der Waals surface area contributed by atoms with Crippen LogP contribution >= 0.6 is 0 Å². The van der Waals surface area contributed by atoms with E-state index in [4.69, 9.17) is 24.5 Å². The average Bonchev–Trinajstić information content (AvgIpc) is 3.75. The number of nitrogens with two attached hydrogens (primary N) is 1. The minimum atomic E-state index is -3.03. The standard InChI is InChI=1S/C26H33F2N3O7/c1-26(2,3)11-19(37-25(29)33)21-20(22(32)31-35-13-15-6-7-15)30-23(38-21)16-8-9-17(36-24(27)28)18(10-16)34-12-14-4-5-14/h8-10,14-15,19,24H,4-7,11-13H2,1-3H3,(H2,29,33)(H,31,32)/t19-/m0/s1. The van der Waals surface area contributed by atoms with E-state index < -0.39 is 24.7 Å². The molecule has 0 radical (unpaired) electrons. The molecular weight excluding hydrogens is 504 g/mol. The van der Waals surface area contributed by atoms with E-state index >= 15 is 0 Å². The summed E-state index contributed by atoms with van der Waals surface area (Å²) in [4.78, 5) is 34.4. The van der Waals surface area contributed by atoms with Crippen LogP contribution in [-0.2, 0) is 9.57 Å². The molecule has 2 fully saturated rings. The maximum Gasteiger partial charge on any atom is 0.405 e. The topological polar surface area (TPSA) is 135 Å². The number of halogens is 2. The number of hydrogen-bond donors (Lipinski definition) is 2. The van der Waals surface area contributed by atoms with E-state index in [0.717, 1.165) is 25.7 Å². The van der Waals surface area contributed by atoms with Crippen molar-refractivity contribution in [1.29, 1.82) is 0 Å². The monoisotopic (exact) mass is 537 g/mol. The number of carbonyl (C=O) groups is 2. The van der Waals surface area contributed by atoms with Crippen LogP contribution in [0.1, 0.15) is 75.2 Å². The molecule has 38 heavy (non-hydrogen) atoms. The fourth-order valence-corrected chi connectivity index (χ4v) is 3.72. The number of benzene rings is 1. The van der Waals surface area contributed by atoms with Crippen molar-refractivity contribution in [1.82, 2.24) is 10.5 Å². The summed E-state index contributed by atoms with van der Waals surface area (Å²) in [5.74, 6) is -0.00336. The van der Waals surface area contributed by atoms with Gasteiger partial charge in [0.1, 0.15) is 0 Å². The Morgan fingerprint density at radius 3 is 2.42 bits per heavy atom. The lowest BCUT2D eigenvalue weighted by Gasteiger charge is -2.24. The molecule has 2 amide bonds. The normalized spacial score (nSPS) is 16.3. The van der Waals surface area contributed by atoms with Gasteiger partial charge in [0.15, 0.2) is 29.1 Å². The van der Waals surface area contributed by atoms with Crippen molar-refractivity contribution in [3.05, 3.63) is 29.7 Å². The van der Waals surface area contributed by atoms with Gasteiger partial charge in [0, 0.05) is 5.56 Å². The molecule has 208 valence electrons. The Hall–Kier alpha value is -3.41. The van der Waals surface area contributed by atoms with E-state index in [1.807, 2.05) is 20.8 Å². The van der Waals surface area contributed by atoms with Crippen LogP contribution < -0.4 is 20.7 Å². The van der Waals surface area contributed by atoms with E-state index in [1.54, 1.807) is 0 Å². The first kappa shape index (κ1) is 27.6. The number of amides is 2. The molecular formula is C26H33F2N3O7. The summed E-state index contributed by atoms with van der Waals surface area (Å²) >= 11 is 0. The molecule has 0 aliphatic heterocycles. The van der Waals surface area contributed by atoms with Crippen LogP contribution in [-0.4, -0.2) is 36.8 Å². The van der Waals surface area contributed by atoms with Crippen molar-refractivity contribution < 1.29 is 41.8 Å². The Kier molecular flexibility index (Phi) is 8.39. The number of rotatable bonds is 13. The van der Waals surface area contributed by atoms with Crippen molar-refractivity contribution in [3.8, 4) is 23.0 Å². The summed E-state index contributed by atoms with van der Waals surface area (Å²) in [6, 6.07) is 4.23. The number of primary amides is 1. The molecule has 10 nitrogen and oxygen atoms in total. The second-order valence-corrected chi connectivity index (χ2v) is 10.9. The van der Waals surface area contributed by atoms with Crippen LogP contribution in [0, 0.1) is 17.3 Å². The molecule has 0 spiro atoms. The van der Waals surface area contributed by atoms with Gasteiger partial charge in [-0.15, -0.1) is 0 Å². The highest BCUT2D eigenvalue weighted by Gasteiger charge is 2.33. The van der Waals surface area contributed by atoms with E-state index in [0.29, 0.717) is 30.6 Å². The second-order valence-electron chi connectivity index (χ2n) is 10.9. The maximum atomic E-state index is 13.0. The van der Waals surface area contributed by atoms with Crippen molar-refractivity contribution in [2.75, 3.05) is 13.2 Å². The smallest absolute Gasteiger partial charge is 0.405 e. The first-order valence-corrected chi connectivity index (χ1v) is 12.6. The molecule has 12 heteroatoms. The highest BCUT2D eigenvalue weighted by Crippen LogP contribution is 2.39. The first-order valence-electron chi connectivity index (χ1n) is 12.6. The molecule has 2 aromatic rings. The summed E-state index contributed by atoms with van der Waals surface area (Å²) in [5, 5.41) is 0. The fraction of sp³-hybridized carbons (Fsp3) is 0.577. The minimum Gasteiger partial charge on any atom is -0.489 e. The number of alkyl halides is 2. The second kappa shape index (κ2) is 11.5. The Labute approximate surface area is 219 Å².